The fourth-order valence-corrected chi connectivity index (χ4v) is 0.550. The first kappa shape index (κ1) is 8.91. The van der Waals surface area contributed by atoms with Crippen LogP contribution in [-0.4, -0.2) is 5.11 Å². The van der Waals surface area contributed by atoms with E-state index in [1.807, 2.05) is 0 Å². The number of hydrogen-bond acceptors (Lipinski definition) is 3. The second kappa shape index (κ2) is 3.85. The summed E-state index contributed by atoms with van der Waals surface area (Å²) in [5.41, 5.74) is 0.245. The maximum Gasteiger partial charge on any atom is 0.117 e. The lowest BCUT2D eigenvalue weighted by atomic mass is 10.3. The highest BCUT2D eigenvalue weighted by atomic mass is 35.5. The molecule has 1 rings (SSSR count). The van der Waals surface area contributed by atoms with Gasteiger partial charge in [-0.05, 0) is 17.3 Å². The van der Waals surface area contributed by atoms with Crippen molar-refractivity contribution in [3.63, 3.8) is 0 Å². The number of rotatable bonds is 1. The largest absolute Gasteiger partial charge is 0.508 e. The number of halogens is 1. The predicted molar refractivity (Wildman–Crippen MR) is 40.8 cm³/mol. The Hall–Kier alpha value is -1.09. The molecule has 0 saturated heterocycles. The maximum atomic E-state index is 9.80. The van der Waals surface area contributed by atoms with Gasteiger partial charge in [0.1, 0.15) is 11.4 Å². The number of aromatic hydroxyl groups is 1. The molecule has 0 unspecified atom stereocenters. The van der Waals surface area contributed by atoms with Gasteiger partial charge in [0, 0.05) is 6.07 Å². The highest BCUT2D eigenvalue weighted by Crippen LogP contribution is 2.17. The first-order chi connectivity index (χ1) is 4.33. The van der Waals surface area contributed by atoms with Crippen LogP contribution in [0.1, 0.15) is 0 Å². The topological polar surface area (TPSA) is 49.7 Å². The predicted octanol–water partition coefficient (Wildman–Crippen LogP) is 2.21. The molecule has 3 nitrogen and oxygen atoms in total. The molecular weight excluding hydrogens is 154 g/mol. The Morgan fingerprint density at radius 2 is 2.10 bits per heavy atom. The Morgan fingerprint density at radius 1 is 1.40 bits per heavy atom. The van der Waals surface area contributed by atoms with E-state index < -0.39 is 0 Å². The minimum atomic E-state index is 0. The van der Waals surface area contributed by atoms with Gasteiger partial charge in [-0.15, -0.1) is 17.3 Å². The average molecular weight is 160 g/mol. The third kappa shape index (κ3) is 2.03. The molecule has 0 aliphatic rings. The van der Waals surface area contributed by atoms with E-state index in [9.17, 15) is 4.91 Å². The average Bonchev–Trinajstić information content (AvgIpc) is 1.88. The number of nitrogens with zero attached hydrogens (tertiary/aromatic N) is 1. The lowest BCUT2D eigenvalue weighted by molar-refractivity contribution is 0.475. The number of nitroso groups, excluding NO2 is 1. The summed E-state index contributed by atoms with van der Waals surface area (Å²) in [4.78, 5) is 9.80. The molecule has 0 heterocycles. The summed E-state index contributed by atoms with van der Waals surface area (Å²) in [6.45, 7) is 0. The highest BCUT2D eigenvalue weighted by Gasteiger charge is 1.89. The van der Waals surface area contributed by atoms with Gasteiger partial charge in [-0.25, -0.2) is 0 Å². The van der Waals surface area contributed by atoms with Gasteiger partial charge >= 0.3 is 0 Å². The molecule has 1 aromatic rings. The molecule has 0 radical (unpaired) electrons. The summed E-state index contributed by atoms with van der Waals surface area (Å²) in [5, 5.41) is 11.4. The van der Waals surface area contributed by atoms with Gasteiger partial charge < -0.3 is 5.11 Å². The first-order valence-electron chi connectivity index (χ1n) is 2.45. The number of phenols is 1. The molecule has 10 heavy (non-hydrogen) atoms. The number of hydrogen-bond donors (Lipinski definition) is 1. The molecule has 1 N–H and O–H groups in total. The van der Waals surface area contributed by atoms with Crippen LogP contribution in [0.2, 0.25) is 0 Å². The zero-order valence-corrected chi connectivity index (χ0v) is 5.84. The van der Waals surface area contributed by atoms with Crippen LogP contribution in [0.5, 0.6) is 5.75 Å². The summed E-state index contributed by atoms with van der Waals surface area (Å²) in [7, 11) is 0. The highest BCUT2D eigenvalue weighted by molar-refractivity contribution is 5.85. The van der Waals surface area contributed by atoms with Crippen molar-refractivity contribution >= 4 is 18.1 Å². The van der Waals surface area contributed by atoms with E-state index in [-0.39, 0.29) is 23.8 Å². The van der Waals surface area contributed by atoms with Crippen molar-refractivity contribution in [1.29, 1.82) is 0 Å². The van der Waals surface area contributed by atoms with Crippen molar-refractivity contribution < 1.29 is 5.11 Å². The molecular formula is C6H6ClNO2. The van der Waals surface area contributed by atoms with E-state index in [0.29, 0.717) is 0 Å². The zero-order valence-electron chi connectivity index (χ0n) is 5.02. The molecule has 0 saturated carbocycles. The van der Waals surface area contributed by atoms with Gasteiger partial charge in [-0.2, -0.15) is 0 Å². The molecule has 0 amide bonds. The quantitative estimate of drug-likeness (QED) is 0.639. The van der Waals surface area contributed by atoms with Crippen LogP contribution >= 0.6 is 12.4 Å². The Kier molecular flexibility index (Phi) is 3.43. The van der Waals surface area contributed by atoms with Gasteiger partial charge in [0.25, 0.3) is 0 Å². The van der Waals surface area contributed by atoms with E-state index in [0.717, 1.165) is 0 Å². The molecule has 0 aliphatic heterocycles. The van der Waals surface area contributed by atoms with Crippen LogP contribution in [0, 0.1) is 4.91 Å². The molecule has 0 fully saturated rings. The van der Waals surface area contributed by atoms with E-state index in [4.69, 9.17) is 5.11 Å². The third-order valence-corrected chi connectivity index (χ3v) is 0.935. The Morgan fingerprint density at radius 3 is 2.50 bits per heavy atom. The van der Waals surface area contributed by atoms with Crippen molar-refractivity contribution in [1.82, 2.24) is 0 Å². The second-order valence-corrected chi connectivity index (χ2v) is 1.61. The van der Waals surface area contributed by atoms with Crippen molar-refractivity contribution in [3.05, 3.63) is 29.2 Å². The first-order valence-corrected chi connectivity index (χ1v) is 2.45. The SMILES string of the molecule is Cl.O=Nc1cccc(O)c1. The third-order valence-electron chi connectivity index (χ3n) is 0.935. The zero-order chi connectivity index (χ0) is 6.69. The van der Waals surface area contributed by atoms with Crippen LogP contribution < -0.4 is 0 Å². The molecule has 0 bridgehead atoms. The number of phenolic OH excluding ortho intramolecular Hbond substituents is 1. The second-order valence-electron chi connectivity index (χ2n) is 1.61. The minimum absolute atomic E-state index is 0. The molecule has 0 aromatic heterocycles. The van der Waals surface area contributed by atoms with Gasteiger partial charge in [0.05, 0.1) is 0 Å². The Balaban J connectivity index is 0.000000810. The van der Waals surface area contributed by atoms with E-state index in [1.165, 1.54) is 18.2 Å². The summed E-state index contributed by atoms with van der Waals surface area (Å²) in [6, 6.07) is 5.86. The van der Waals surface area contributed by atoms with Gasteiger partial charge in [0.15, 0.2) is 0 Å². The van der Waals surface area contributed by atoms with Crippen LogP contribution in [0.25, 0.3) is 0 Å². The smallest absolute Gasteiger partial charge is 0.117 e. The van der Waals surface area contributed by atoms with E-state index in [2.05, 4.69) is 5.18 Å². The van der Waals surface area contributed by atoms with Crippen LogP contribution in [0.15, 0.2) is 29.4 Å². The van der Waals surface area contributed by atoms with Gasteiger partial charge in [0.2, 0.25) is 0 Å². The summed E-state index contributed by atoms with van der Waals surface area (Å²) in [5.74, 6) is 0.0621. The maximum absolute atomic E-state index is 9.80. The van der Waals surface area contributed by atoms with Crippen LogP contribution in [0.3, 0.4) is 0 Å². The Bertz CT molecular complexity index is 227. The normalized spacial score (nSPS) is 8.00. The summed E-state index contributed by atoms with van der Waals surface area (Å²) in [6.07, 6.45) is 0. The Labute approximate surface area is 64.1 Å². The van der Waals surface area contributed by atoms with Gasteiger partial charge in [-0.3, -0.25) is 0 Å². The fraction of sp³-hybridized carbons (Fsp3) is 0. The molecule has 1 aromatic carbocycles. The molecule has 0 spiro atoms. The van der Waals surface area contributed by atoms with Crippen molar-refractivity contribution in [3.8, 4) is 5.75 Å². The fourth-order valence-electron chi connectivity index (χ4n) is 0.550. The monoisotopic (exact) mass is 159 g/mol. The summed E-state index contributed by atoms with van der Waals surface area (Å²) < 4.78 is 0. The standard InChI is InChI=1S/C6H5NO2.ClH/c8-6-3-1-2-5(4-6)7-9;/h1-4,8H;1H. The van der Waals surface area contributed by atoms with E-state index >= 15 is 0 Å². The summed E-state index contributed by atoms with van der Waals surface area (Å²) >= 11 is 0. The number of benzene rings is 1. The van der Waals surface area contributed by atoms with Gasteiger partial charge in [-0.1, -0.05) is 6.07 Å². The molecule has 54 valence electrons. The lowest BCUT2D eigenvalue weighted by Gasteiger charge is -1.88. The van der Waals surface area contributed by atoms with Crippen LogP contribution in [-0.2, 0) is 0 Å². The molecule has 0 atom stereocenters. The van der Waals surface area contributed by atoms with Crippen molar-refractivity contribution in [2.45, 2.75) is 0 Å². The lowest BCUT2D eigenvalue weighted by Crippen LogP contribution is -1.61. The molecule has 0 aliphatic carbocycles. The molecule has 4 heteroatoms. The minimum Gasteiger partial charge on any atom is -0.508 e. The van der Waals surface area contributed by atoms with E-state index in [1.54, 1.807) is 6.07 Å². The van der Waals surface area contributed by atoms with Crippen molar-refractivity contribution in [2.24, 2.45) is 5.18 Å². The van der Waals surface area contributed by atoms with Crippen molar-refractivity contribution in [2.75, 3.05) is 0 Å². The van der Waals surface area contributed by atoms with Crippen LogP contribution in [0.4, 0.5) is 5.69 Å².